The molecule has 7 heteroatoms. The van der Waals surface area contributed by atoms with E-state index in [9.17, 15) is 4.79 Å². The van der Waals surface area contributed by atoms with Gasteiger partial charge in [0.15, 0.2) is 5.84 Å². The van der Waals surface area contributed by atoms with Crippen LogP contribution in [-0.4, -0.2) is 58.5 Å². The molecule has 1 aliphatic rings. The van der Waals surface area contributed by atoms with Gasteiger partial charge in [0, 0.05) is 26.2 Å². The third-order valence-corrected chi connectivity index (χ3v) is 5.15. The van der Waals surface area contributed by atoms with Crippen molar-refractivity contribution >= 4 is 23.1 Å². The average molecular weight is 310 g/mol. The zero-order valence-corrected chi connectivity index (χ0v) is 13.5. The van der Waals surface area contributed by atoms with Crippen molar-refractivity contribution in [2.75, 3.05) is 26.2 Å². The molecule has 116 valence electrons. The van der Waals surface area contributed by atoms with Gasteiger partial charge in [-0.1, -0.05) is 5.16 Å². The molecule has 2 rings (SSSR count). The SMILES string of the molecule is Cc1ccsc1C(=O)N1CCN(C(C)(C)C(N)=NO)CC1. The molecule has 0 saturated carbocycles. The van der Waals surface area contributed by atoms with E-state index in [1.165, 1.54) is 11.3 Å². The van der Waals surface area contributed by atoms with Gasteiger partial charge in [-0.05, 0) is 37.8 Å². The van der Waals surface area contributed by atoms with Crippen LogP contribution < -0.4 is 5.73 Å². The standard InChI is InChI=1S/C14H22N4O2S/c1-10-4-9-21-11(10)12(19)17-5-7-18(8-6-17)14(2,3)13(15)16-20/h4,9,20H,5-8H2,1-3H3,(H2,15,16). The Morgan fingerprint density at radius 3 is 2.48 bits per heavy atom. The van der Waals surface area contributed by atoms with Gasteiger partial charge in [-0.15, -0.1) is 11.3 Å². The first-order valence-electron chi connectivity index (χ1n) is 6.94. The highest BCUT2D eigenvalue weighted by molar-refractivity contribution is 7.12. The van der Waals surface area contributed by atoms with Crippen LogP contribution in [0.5, 0.6) is 0 Å². The molecular formula is C14H22N4O2S. The van der Waals surface area contributed by atoms with E-state index >= 15 is 0 Å². The summed E-state index contributed by atoms with van der Waals surface area (Å²) in [4.78, 5) is 17.3. The number of amides is 1. The molecule has 1 fully saturated rings. The molecule has 1 amide bonds. The molecule has 2 heterocycles. The Kier molecular flexibility index (Phi) is 4.53. The number of oxime groups is 1. The lowest BCUT2D eigenvalue weighted by molar-refractivity contribution is 0.0535. The quantitative estimate of drug-likeness (QED) is 0.382. The van der Waals surface area contributed by atoms with Crippen LogP contribution in [0.1, 0.15) is 29.1 Å². The Balaban J connectivity index is 2.01. The predicted octanol–water partition coefficient (Wildman–Crippen LogP) is 1.34. The first-order valence-corrected chi connectivity index (χ1v) is 7.82. The van der Waals surface area contributed by atoms with Gasteiger partial charge in [0.05, 0.1) is 10.4 Å². The maximum Gasteiger partial charge on any atom is 0.264 e. The highest BCUT2D eigenvalue weighted by Crippen LogP contribution is 2.21. The molecular weight excluding hydrogens is 288 g/mol. The van der Waals surface area contributed by atoms with Crippen LogP contribution in [0.2, 0.25) is 0 Å². The summed E-state index contributed by atoms with van der Waals surface area (Å²) in [6.45, 7) is 8.52. The Morgan fingerprint density at radius 2 is 2.00 bits per heavy atom. The van der Waals surface area contributed by atoms with E-state index in [2.05, 4.69) is 10.1 Å². The molecule has 0 spiro atoms. The Labute approximate surface area is 128 Å². The van der Waals surface area contributed by atoms with Crippen molar-refractivity contribution in [1.29, 1.82) is 0 Å². The van der Waals surface area contributed by atoms with Crippen LogP contribution in [0, 0.1) is 6.92 Å². The predicted molar refractivity (Wildman–Crippen MR) is 84.0 cm³/mol. The number of hydrogen-bond donors (Lipinski definition) is 2. The molecule has 0 radical (unpaired) electrons. The fourth-order valence-corrected chi connectivity index (χ4v) is 3.38. The van der Waals surface area contributed by atoms with Crippen molar-refractivity contribution in [2.24, 2.45) is 10.9 Å². The molecule has 0 atom stereocenters. The zero-order valence-electron chi connectivity index (χ0n) is 12.7. The minimum Gasteiger partial charge on any atom is -0.409 e. The summed E-state index contributed by atoms with van der Waals surface area (Å²) in [5.74, 6) is 0.292. The largest absolute Gasteiger partial charge is 0.409 e. The maximum absolute atomic E-state index is 12.5. The van der Waals surface area contributed by atoms with Crippen LogP contribution in [-0.2, 0) is 0 Å². The lowest BCUT2D eigenvalue weighted by Crippen LogP contribution is -2.60. The second-order valence-corrected chi connectivity index (χ2v) is 6.67. The highest BCUT2D eigenvalue weighted by atomic mass is 32.1. The smallest absolute Gasteiger partial charge is 0.264 e. The van der Waals surface area contributed by atoms with Crippen molar-refractivity contribution in [1.82, 2.24) is 9.80 Å². The molecule has 21 heavy (non-hydrogen) atoms. The van der Waals surface area contributed by atoms with Gasteiger partial charge >= 0.3 is 0 Å². The normalized spacial score (nSPS) is 18.0. The average Bonchev–Trinajstić information content (AvgIpc) is 2.91. The van der Waals surface area contributed by atoms with Crippen LogP contribution in [0.3, 0.4) is 0 Å². The van der Waals surface area contributed by atoms with Gasteiger partial charge in [0.1, 0.15) is 0 Å². The van der Waals surface area contributed by atoms with Crippen LogP contribution in [0.4, 0.5) is 0 Å². The van der Waals surface area contributed by atoms with Gasteiger partial charge in [-0.3, -0.25) is 9.69 Å². The number of aryl methyl sites for hydroxylation is 1. The number of hydrogen-bond acceptors (Lipinski definition) is 5. The third-order valence-electron chi connectivity index (χ3n) is 4.15. The molecule has 1 aliphatic heterocycles. The van der Waals surface area contributed by atoms with Crippen molar-refractivity contribution in [3.63, 3.8) is 0 Å². The van der Waals surface area contributed by atoms with E-state index in [0.717, 1.165) is 10.4 Å². The maximum atomic E-state index is 12.5. The lowest BCUT2D eigenvalue weighted by Gasteiger charge is -2.43. The molecule has 6 nitrogen and oxygen atoms in total. The molecule has 0 aromatic carbocycles. The van der Waals surface area contributed by atoms with Crippen molar-refractivity contribution < 1.29 is 10.0 Å². The highest BCUT2D eigenvalue weighted by Gasteiger charge is 2.35. The Morgan fingerprint density at radius 1 is 1.38 bits per heavy atom. The van der Waals surface area contributed by atoms with Gasteiger partial charge in [0.2, 0.25) is 0 Å². The fourth-order valence-electron chi connectivity index (χ4n) is 2.49. The summed E-state index contributed by atoms with van der Waals surface area (Å²) in [7, 11) is 0. The second-order valence-electron chi connectivity index (χ2n) is 5.76. The van der Waals surface area contributed by atoms with E-state index in [1.807, 2.05) is 37.1 Å². The van der Waals surface area contributed by atoms with Crippen LogP contribution >= 0.6 is 11.3 Å². The second kappa shape index (κ2) is 6.03. The van der Waals surface area contributed by atoms with Gasteiger partial charge in [0.25, 0.3) is 5.91 Å². The first kappa shape index (κ1) is 15.8. The minimum atomic E-state index is -0.511. The summed E-state index contributed by atoms with van der Waals surface area (Å²) >= 11 is 1.49. The molecule has 0 aliphatic carbocycles. The summed E-state index contributed by atoms with van der Waals surface area (Å²) < 4.78 is 0. The third kappa shape index (κ3) is 3.03. The number of amidine groups is 1. The van der Waals surface area contributed by atoms with Gasteiger partial charge in [-0.2, -0.15) is 0 Å². The molecule has 1 aromatic heterocycles. The number of piperazine rings is 1. The van der Waals surface area contributed by atoms with E-state index in [-0.39, 0.29) is 11.7 Å². The number of carbonyl (C=O) groups excluding carboxylic acids is 1. The van der Waals surface area contributed by atoms with Gasteiger partial charge < -0.3 is 15.8 Å². The number of nitrogens with zero attached hydrogens (tertiary/aromatic N) is 3. The molecule has 3 N–H and O–H groups in total. The monoisotopic (exact) mass is 310 g/mol. The number of carbonyl (C=O) groups is 1. The van der Waals surface area contributed by atoms with E-state index in [1.54, 1.807) is 0 Å². The van der Waals surface area contributed by atoms with Crippen molar-refractivity contribution in [3.8, 4) is 0 Å². The number of rotatable bonds is 3. The molecule has 0 unspecified atom stereocenters. The van der Waals surface area contributed by atoms with E-state index in [4.69, 9.17) is 10.9 Å². The topological polar surface area (TPSA) is 82.2 Å². The van der Waals surface area contributed by atoms with Gasteiger partial charge in [-0.25, -0.2) is 0 Å². The fraction of sp³-hybridized carbons (Fsp3) is 0.571. The summed E-state index contributed by atoms with van der Waals surface area (Å²) in [5, 5.41) is 13.9. The summed E-state index contributed by atoms with van der Waals surface area (Å²) in [6.07, 6.45) is 0. The minimum absolute atomic E-state index is 0.101. The molecule has 1 aromatic rings. The van der Waals surface area contributed by atoms with Crippen molar-refractivity contribution in [2.45, 2.75) is 26.3 Å². The summed E-state index contributed by atoms with van der Waals surface area (Å²) in [5.41, 5.74) is 6.27. The Bertz CT molecular complexity index is 545. The number of thiophene rings is 1. The van der Waals surface area contributed by atoms with E-state index < -0.39 is 5.54 Å². The van der Waals surface area contributed by atoms with Crippen LogP contribution in [0.25, 0.3) is 0 Å². The Hall–Kier alpha value is -1.60. The van der Waals surface area contributed by atoms with Crippen molar-refractivity contribution in [3.05, 3.63) is 21.9 Å². The zero-order chi connectivity index (χ0) is 15.6. The summed E-state index contributed by atoms with van der Waals surface area (Å²) in [6, 6.07) is 1.97. The molecule has 1 saturated heterocycles. The lowest BCUT2D eigenvalue weighted by atomic mass is 10.00. The van der Waals surface area contributed by atoms with Crippen LogP contribution in [0.15, 0.2) is 16.6 Å². The first-order chi connectivity index (χ1) is 9.87. The van der Waals surface area contributed by atoms with E-state index in [0.29, 0.717) is 26.2 Å². The molecule has 0 bridgehead atoms. The number of nitrogens with two attached hydrogens (primary N) is 1.